The largest absolute Gasteiger partial charge is 0.497 e. The van der Waals surface area contributed by atoms with Gasteiger partial charge in [-0.05, 0) is 41.8 Å². The summed E-state index contributed by atoms with van der Waals surface area (Å²) in [6, 6.07) is 14.5. The minimum atomic E-state index is -0.247. The van der Waals surface area contributed by atoms with Crippen LogP contribution in [0.3, 0.4) is 0 Å². The van der Waals surface area contributed by atoms with Crippen molar-refractivity contribution in [3.05, 3.63) is 65.5 Å². The summed E-state index contributed by atoms with van der Waals surface area (Å²) in [6.45, 7) is 2.91. The molecule has 0 aliphatic carbocycles. The molecule has 2 aliphatic heterocycles. The molecule has 5 nitrogen and oxygen atoms in total. The Labute approximate surface area is 158 Å². The first kappa shape index (κ1) is 17.8. The first-order valence-corrected chi connectivity index (χ1v) is 9.19. The Hall–Kier alpha value is -2.60. The SMILES string of the molecule is COc1cccc(CN2C[C@H]3OC(=O)N(CCc4ccc(F)cc4)[C@H]3C2)c1. The van der Waals surface area contributed by atoms with Crippen molar-refractivity contribution < 1.29 is 18.7 Å². The highest BCUT2D eigenvalue weighted by Gasteiger charge is 2.47. The molecular formula is C21H23FN2O3. The fourth-order valence-electron chi connectivity index (χ4n) is 3.90. The van der Waals surface area contributed by atoms with E-state index in [-0.39, 0.29) is 24.1 Å². The Balaban J connectivity index is 1.37. The Kier molecular flexibility index (Phi) is 4.99. The normalized spacial score (nSPS) is 22.0. The third-order valence-electron chi connectivity index (χ3n) is 5.29. The minimum absolute atomic E-state index is 0.0727. The number of ether oxygens (including phenoxy) is 2. The molecule has 0 N–H and O–H groups in total. The first-order chi connectivity index (χ1) is 13.1. The lowest BCUT2D eigenvalue weighted by molar-refractivity contribution is 0.120. The van der Waals surface area contributed by atoms with E-state index in [0.29, 0.717) is 13.0 Å². The zero-order valence-corrected chi connectivity index (χ0v) is 15.3. The predicted octanol–water partition coefficient (Wildman–Crippen LogP) is 3.08. The quantitative estimate of drug-likeness (QED) is 0.784. The van der Waals surface area contributed by atoms with Gasteiger partial charge in [0, 0.05) is 26.2 Å². The van der Waals surface area contributed by atoms with Gasteiger partial charge in [-0.2, -0.15) is 0 Å². The van der Waals surface area contributed by atoms with Crippen LogP contribution < -0.4 is 4.74 Å². The van der Waals surface area contributed by atoms with Gasteiger partial charge in [-0.3, -0.25) is 9.80 Å². The number of amides is 1. The number of benzene rings is 2. The van der Waals surface area contributed by atoms with Gasteiger partial charge in [-0.25, -0.2) is 9.18 Å². The highest BCUT2D eigenvalue weighted by atomic mass is 19.1. The predicted molar refractivity (Wildman–Crippen MR) is 99.1 cm³/mol. The molecule has 2 heterocycles. The number of likely N-dealkylation sites (tertiary alicyclic amines) is 1. The van der Waals surface area contributed by atoms with Crippen molar-refractivity contribution in [2.45, 2.75) is 25.1 Å². The van der Waals surface area contributed by atoms with Crippen molar-refractivity contribution in [2.24, 2.45) is 0 Å². The summed E-state index contributed by atoms with van der Waals surface area (Å²) in [6.07, 6.45) is 0.360. The topological polar surface area (TPSA) is 42.0 Å². The van der Waals surface area contributed by atoms with E-state index in [1.165, 1.54) is 17.7 Å². The first-order valence-electron chi connectivity index (χ1n) is 9.19. The molecular weight excluding hydrogens is 347 g/mol. The molecule has 0 spiro atoms. The lowest BCUT2D eigenvalue weighted by Crippen LogP contribution is -2.39. The van der Waals surface area contributed by atoms with E-state index in [1.807, 2.05) is 23.1 Å². The van der Waals surface area contributed by atoms with Crippen LogP contribution >= 0.6 is 0 Å². The van der Waals surface area contributed by atoms with Gasteiger partial charge < -0.3 is 9.47 Å². The Bertz CT molecular complexity index is 811. The number of carbonyl (C=O) groups excluding carboxylic acids is 1. The Morgan fingerprint density at radius 2 is 1.96 bits per heavy atom. The molecule has 0 saturated carbocycles. The summed E-state index contributed by atoms with van der Waals surface area (Å²) in [4.78, 5) is 16.3. The lowest BCUT2D eigenvalue weighted by Gasteiger charge is -2.22. The molecule has 27 heavy (non-hydrogen) atoms. The number of methoxy groups -OCH3 is 1. The van der Waals surface area contributed by atoms with Gasteiger partial charge >= 0.3 is 6.09 Å². The van der Waals surface area contributed by atoms with Gasteiger partial charge in [-0.15, -0.1) is 0 Å². The monoisotopic (exact) mass is 370 g/mol. The van der Waals surface area contributed by atoms with Crippen LogP contribution in [-0.4, -0.2) is 54.8 Å². The van der Waals surface area contributed by atoms with Crippen LogP contribution in [0.4, 0.5) is 9.18 Å². The standard InChI is InChI=1S/C21H23FN2O3/c1-26-18-4-2-3-16(11-18)12-23-13-19-20(14-23)27-21(25)24(19)10-9-15-5-7-17(22)8-6-15/h2-8,11,19-20H,9-10,12-14H2,1H3/t19-,20+/m0/s1. The number of hydrogen-bond donors (Lipinski definition) is 0. The molecule has 0 radical (unpaired) electrons. The second kappa shape index (κ2) is 7.56. The van der Waals surface area contributed by atoms with Crippen LogP contribution in [0.25, 0.3) is 0 Å². The number of fused-ring (bicyclic) bond motifs is 1. The van der Waals surface area contributed by atoms with Crippen molar-refractivity contribution >= 4 is 6.09 Å². The summed E-state index contributed by atoms with van der Waals surface area (Å²) >= 11 is 0. The van der Waals surface area contributed by atoms with Crippen molar-refractivity contribution in [1.29, 1.82) is 0 Å². The summed E-state index contributed by atoms with van der Waals surface area (Å²) in [7, 11) is 1.66. The van der Waals surface area contributed by atoms with E-state index in [4.69, 9.17) is 9.47 Å². The molecule has 0 aromatic heterocycles. The molecule has 2 atom stereocenters. The molecule has 1 amide bonds. The van der Waals surface area contributed by atoms with Crippen LogP contribution in [0.1, 0.15) is 11.1 Å². The maximum absolute atomic E-state index is 13.0. The third-order valence-corrected chi connectivity index (χ3v) is 5.29. The summed E-state index contributed by atoms with van der Waals surface area (Å²) in [5.41, 5.74) is 2.19. The van der Waals surface area contributed by atoms with Gasteiger partial charge in [0.2, 0.25) is 0 Å². The fourth-order valence-corrected chi connectivity index (χ4v) is 3.90. The lowest BCUT2D eigenvalue weighted by atomic mass is 10.1. The van der Waals surface area contributed by atoms with E-state index >= 15 is 0 Å². The number of rotatable bonds is 6. The molecule has 2 fully saturated rings. The Morgan fingerprint density at radius 3 is 2.74 bits per heavy atom. The highest BCUT2D eigenvalue weighted by molar-refractivity contribution is 5.71. The third kappa shape index (κ3) is 3.90. The number of carbonyl (C=O) groups is 1. The van der Waals surface area contributed by atoms with Crippen LogP contribution in [0.2, 0.25) is 0 Å². The molecule has 2 aromatic carbocycles. The zero-order chi connectivity index (χ0) is 18.8. The van der Waals surface area contributed by atoms with E-state index < -0.39 is 0 Å². The van der Waals surface area contributed by atoms with Crippen LogP contribution in [0.5, 0.6) is 5.75 Å². The van der Waals surface area contributed by atoms with Crippen LogP contribution in [0, 0.1) is 5.82 Å². The number of nitrogens with zero attached hydrogens (tertiary/aromatic N) is 2. The molecule has 2 aromatic rings. The Morgan fingerprint density at radius 1 is 1.15 bits per heavy atom. The van der Waals surface area contributed by atoms with Crippen molar-refractivity contribution in [3.63, 3.8) is 0 Å². The zero-order valence-electron chi connectivity index (χ0n) is 15.3. The van der Waals surface area contributed by atoms with Crippen LogP contribution in [-0.2, 0) is 17.7 Å². The highest BCUT2D eigenvalue weighted by Crippen LogP contribution is 2.28. The van der Waals surface area contributed by atoms with Gasteiger partial charge in [0.05, 0.1) is 13.2 Å². The molecule has 0 unspecified atom stereocenters. The second-order valence-electron chi connectivity index (χ2n) is 7.11. The van der Waals surface area contributed by atoms with Crippen molar-refractivity contribution in [3.8, 4) is 5.75 Å². The summed E-state index contributed by atoms with van der Waals surface area (Å²) in [5.74, 6) is 0.600. The minimum Gasteiger partial charge on any atom is -0.497 e. The molecule has 6 heteroatoms. The molecule has 2 aliphatic rings. The van der Waals surface area contributed by atoms with Gasteiger partial charge in [-0.1, -0.05) is 24.3 Å². The number of halogens is 1. The van der Waals surface area contributed by atoms with Gasteiger partial charge in [0.25, 0.3) is 0 Å². The smallest absolute Gasteiger partial charge is 0.410 e. The van der Waals surface area contributed by atoms with E-state index in [1.54, 1.807) is 19.2 Å². The summed E-state index contributed by atoms with van der Waals surface area (Å²) < 4.78 is 23.9. The van der Waals surface area contributed by atoms with Crippen LogP contribution in [0.15, 0.2) is 48.5 Å². The molecule has 142 valence electrons. The average Bonchev–Trinajstić information content (AvgIpc) is 3.17. The molecule has 4 rings (SSSR count). The van der Waals surface area contributed by atoms with E-state index in [0.717, 1.165) is 30.9 Å². The molecule has 2 saturated heterocycles. The average molecular weight is 370 g/mol. The maximum Gasteiger partial charge on any atom is 0.410 e. The van der Waals surface area contributed by atoms with Crippen molar-refractivity contribution in [2.75, 3.05) is 26.7 Å². The van der Waals surface area contributed by atoms with Gasteiger partial charge in [0.1, 0.15) is 17.7 Å². The second-order valence-corrected chi connectivity index (χ2v) is 7.11. The fraction of sp³-hybridized carbons (Fsp3) is 0.381. The van der Waals surface area contributed by atoms with E-state index in [9.17, 15) is 9.18 Å². The molecule has 0 bridgehead atoms. The summed E-state index contributed by atoms with van der Waals surface area (Å²) in [5, 5.41) is 0. The maximum atomic E-state index is 13.0. The van der Waals surface area contributed by atoms with Gasteiger partial charge in [0.15, 0.2) is 0 Å². The van der Waals surface area contributed by atoms with E-state index in [2.05, 4.69) is 11.0 Å². The number of hydrogen-bond acceptors (Lipinski definition) is 4. The van der Waals surface area contributed by atoms with Crippen molar-refractivity contribution in [1.82, 2.24) is 9.80 Å².